The van der Waals surface area contributed by atoms with E-state index in [9.17, 15) is 4.79 Å². The van der Waals surface area contributed by atoms with E-state index in [-0.39, 0.29) is 30.3 Å². The summed E-state index contributed by atoms with van der Waals surface area (Å²) in [6, 6.07) is 6.92. The molecule has 0 unspecified atom stereocenters. The van der Waals surface area contributed by atoms with Crippen molar-refractivity contribution in [1.82, 2.24) is 4.90 Å². The Kier molecular flexibility index (Phi) is 7.94. The Hall–Kier alpha value is -0.970. The number of ether oxygens (including phenoxy) is 1. The summed E-state index contributed by atoms with van der Waals surface area (Å²) >= 11 is 5.77. The Morgan fingerprint density at radius 1 is 1.35 bits per heavy atom. The maximum Gasteiger partial charge on any atom is 0.260 e. The highest BCUT2D eigenvalue weighted by Crippen LogP contribution is 2.16. The van der Waals surface area contributed by atoms with Crippen LogP contribution in [0.3, 0.4) is 0 Å². The molecule has 6 heteroatoms. The maximum atomic E-state index is 11.9. The number of hydrogen-bond donors (Lipinski definition) is 1. The number of benzene rings is 1. The van der Waals surface area contributed by atoms with E-state index in [1.165, 1.54) is 0 Å². The van der Waals surface area contributed by atoms with Gasteiger partial charge in [0.1, 0.15) is 5.75 Å². The zero-order chi connectivity index (χ0) is 14.5. The number of likely N-dealkylation sites (N-methyl/N-ethyl adjacent to an activating group) is 1. The number of rotatable bonds is 6. The van der Waals surface area contributed by atoms with Crippen LogP contribution in [0, 0.1) is 5.41 Å². The van der Waals surface area contributed by atoms with Gasteiger partial charge in [-0.05, 0) is 36.2 Å². The average molecular weight is 321 g/mol. The van der Waals surface area contributed by atoms with Crippen molar-refractivity contribution in [2.75, 3.05) is 26.7 Å². The van der Waals surface area contributed by atoms with Crippen LogP contribution in [0.1, 0.15) is 13.8 Å². The molecule has 0 bridgehead atoms. The van der Waals surface area contributed by atoms with E-state index in [2.05, 4.69) is 0 Å². The Balaban J connectivity index is 0.00000361. The van der Waals surface area contributed by atoms with Crippen molar-refractivity contribution < 1.29 is 9.53 Å². The standard InChI is InChI=1S/C14H21ClN2O2.ClH/c1-14(2,9-16)10-17(3)13(18)8-19-12-6-4-11(15)5-7-12;/h4-7H,8-10,16H2,1-3H3;1H. The largest absolute Gasteiger partial charge is 0.484 e. The molecule has 0 spiro atoms. The SMILES string of the molecule is CN(CC(C)(C)CN)C(=O)COc1ccc(Cl)cc1.Cl. The molecule has 0 fully saturated rings. The predicted octanol–water partition coefficient (Wildman–Crippen LogP) is 2.58. The van der Waals surface area contributed by atoms with Crippen LogP contribution in [-0.4, -0.2) is 37.6 Å². The molecule has 0 aromatic heterocycles. The highest BCUT2D eigenvalue weighted by Gasteiger charge is 2.21. The minimum absolute atomic E-state index is 0. The fourth-order valence-corrected chi connectivity index (χ4v) is 1.71. The number of nitrogens with zero attached hydrogens (tertiary/aromatic N) is 1. The zero-order valence-electron chi connectivity index (χ0n) is 12.1. The van der Waals surface area contributed by atoms with E-state index >= 15 is 0 Å². The summed E-state index contributed by atoms with van der Waals surface area (Å²) in [6.07, 6.45) is 0. The molecule has 114 valence electrons. The number of hydrogen-bond acceptors (Lipinski definition) is 3. The van der Waals surface area contributed by atoms with Gasteiger partial charge in [-0.25, -0.2) is 0 Å². The predicted molar refractivity (Wildman–Crippen MR) is 84.7 cm³/mol. The van der Waals surface area contributed by atoms with Gasteiger partial charge in [-0.1, -0.05) is 25.4 Å². The van der Waals surface area contributed by atoms with Crippen LogP contribution in [0.4, 0.5) is 0 Å². The highest BCUT2D eigenvalue weighted by atomic mass is 35.5. The van der Waals surface area contributed by atoms with Crippen LogP contribution in [0.25, 0.3) is 0 Å². The summed E-state index contributed by atoms with van der Waals surface area (Å²) in [5.41, 5.74) is 5.56. The van der Waals surface area contributed by atoms with Crippen LogP contribution >= 0.6 is 24.0 Å². The average Bonchev–Trinajstić information content (AvgIpc) is 2.37. The third-order valence-electron chi connectivity index (χ3n) is 2.82. The minimum Gasteiger partial charge on any atom is -0.484 e. The second-order valence-electron chi connectivity index (χ2n) is 5.36. The Bertz CT molecular complexity index is 422. The molecule has 0 radical (unpaired) electrons. The first-order chi connectivity index (χ1) is 8.84. The summed E-state index contributed by atoms with van der Waals surface area (Å²) < 4.78 is 5.41. The Morgan fingerprint density at radius 3 is 2.40 bits per heavy atom. The van der Waals surface area contributed by atoms with E-state index in [1.54, 1.807) is 36.2 Å². The molecular weight excluding hydrogens is 299 g/mol. The van der Waals surface area contributed by atoms with Crippen molar-refractivity contribution in [3.05, 3.63) is 29.3 Å². The smallest absolute Gasteiger partial charge is 0.260 e. The fourth-order valence-electron chi connectivity index (χ4n) is 1.58. The number of carbonyl (C=O) groups excluding carboxylic acids is 1. The van der Waals surface area contributed by atoms with Crippen molar-refractivity contribution in [1.29, 1.82) is 0 Å². The molecule has 1 amide bonds. The van der Waals surface area contributed by atoms with Crippen molar-refractivity contribution >= 4 is 29.9 Å². The molecule has 0 aliphatic rings. The van der Waals surface area contributed by atoms with Crippen LogP contribution in [0.2, 0.25) is 5.02 Å². The third-order valence-corrected chi connectivity index (χ3v) is 3.07. The normalized spacial score (nSPS) is 10.7. The number of nitrogens with two attached hydrogens (primary N) is 1. The Morgan fingerprint density at radius 2 is 1.90 bits per heavy atom. The maximum absolute atomic E-state index is 11.9. The fraction of sp³-hybridized carbons (Fsp3) is 0.500. The van der Waals surface area contributed by atoms with Crippen molar-refractivity contribution in [3.8, 4) is 5.75 Å². The van der Waals surface area contributed by atoms with E-state index in [1.807, 2.05) is 13.8 Å². The van der Waals surface area contributed by atoms with Gasteiger partial charge in [0.15, 0.2) is 6.61 Å². The molecule has 20 heavy (non-hydrogen) atoms. The van der Waals surface area contributed by atoms with Gasteiger partial charge in [-0.15, -0.1) is 12.4 Å². The summed E-state index contributed by atoms with van der Waals surface area (Å²) in [5, 5.41) is 0.639. The molecule has 0 aliphatic carbocycles. The molecule has 1 aromatic rings. The third kappa shape index (κ3) is 6.46. The Labute approximate surface area is 131 Å². The van der Waals surface area contributed by atoms with Crippen molar-refractivity contribution in [3.63, 3.8) is 0 Å². The van der Waals surface area contributed by atoms with E-state index < -0.39 is 0 Å². The lowest BCUT2D eigenvalue weighted by atomic mass is 9.93. The van der Waals surface area contributed by atoms with Gasteiger partial charge < -0.3 is 15.4 Å². The van der Waals surface area contributed by atoms with E-state index in [4.69, 9.17) is 22.1 Å². The summed E-state index contributed by atoms with van der Waals surface area (Å²) in [6.45, 7) is 5.20. The quantitative estimate of drug-likeness (QED) is 0.876. The lowest BCUT2D eigenvalue weighted by molar-refractivity contribution is -0.133. The van der Waals surface area contributed by atoms with Crippen molar-refractivity contribution in [2.45, 2.75) is 13.8 Å². The number of amides is 1. The molecule has 1 rings (SSSR count). The van der Waals surface area contributed by atoms with Gasteiger partial charge >= 0.3 is 0 Å². The van der Waals surface area contributed by atoms with Gasteiger partial charge in [0.2, 0.25) is 0 Å². The minimum atomic E-state index is -0.0926. The summed E-state index contributed by atoms with van der Waals surface area (Å²) in [4.78, 5) is 13.6. The molecule has 0 saturated heterocycles. The number of halogens is 2. The van der Waals surface area contributed by atoms with Crippen LogP contribution in [-0.2, 0) is 4.79 Å². The van der Waals surface area contributed by atoms with E-state index in [0.717, 1.165) is 0 Å². The topological polar surface area (TPSA) is 55.6 Å². The van der Waals surface area contributed by atoms with Gasteiger partial charge in [0.25, 0.3) is 5.91 Å². The molecule has 4 nitrogen and oxygen atoms in total. The van der Waals surface area contributed by atoms with Gasteiger partial charge in [-0.2, -0.15) is 0 Å². The second-order valence-corrected chi connectivity index (χ2v) is 5.80. The zero-order valence-corrected chi connectivity index (χ0v) is 13.6. The monoisotopic (exact) mass is 320 g/mol. The van der Waals surface area contributed by atoms with Gasteiger partial charge in [0, 0.05) is 18.6 Å². The molecule has 0 heterocycles. The number of carbonyl (C=O) groups is 1. The van der Waals surface area contributed by atoms with Crippen LogP contribution < -0.4 is 10.5 Å². The lowest BCUT2D eigenvalue weighted by Crippen LogP contribution is -2.41. The molecule has 2 N–H and O–H groups in total. The molecule has 1 aromatic carbocycles. The van der Waals surface area contributed by atoms with Gasteiger partial charge in [-0.3, -0.25) is 4.79 Å². The van der Waals surface area contributed by atoms with Crippen LogP contribution in [0.15, 0.2) is 24.3 Å². The molecule has 0 aliphatic heterocycles. The first-order valence-corrected chi connectivity index (χ1v) is 6.54. The van der Waals surface area contributed by atoms with Crippen molar-refractivity contribution in [2.24, 2.45) is 11.1 Å². The second kappa shape index (κ2) is 8.35. The molecular formula is C14H22Cl2N2O2. The summed E-state index contributed by atoms with van der Waals surface area (Å²) in [5.74, 6) is 0.556. The first kappa shape index (κ1) is 19.0. The molecule has 0 atom stereocenters. The van der Waals surface area contributed by atoms with E-state index in [0.29, 0.717) is 23.9 Å². The molecule has 0 saturated carbocycles. The lowest BCUT2D eigenvalue weighted by Gasteiger charge is -2.29. The van der Waals surface area contributed by atoms with Gasteiger partial charge in [0.05, 0.1) is 0 Å². The first-order valence-electron chi connectivity index (χ1n) is 6.16. The van der Waals surface area contributed by atoms with Crippen LogP contribution in [0.5, 0.6) is 5.75 Å². The summed E-state index contributed by atoms with van der Waals surface area (Å²) in [7, 11) is 1.75. The highest BCUT2D eigenvalue weighted by molar-refractivity contribution is 6.30.